The third kappa shape index (κ3) is 7.96. The zero-order valence-corrected chi connectivity index (χ0v) is 7.40. The molecule has 1 radical (unpaired) electrons. The summed E-state index contributed by atoms with van der Waals surface area (Å²) in [5, 5.41) is 4.05. The second kappa shape index (κ2) is 8.96. The largest absolute Gasteiger partial charge is 0.245 e. The normalized spacial score (nSPS) is 10.2. The van der Waals surface area contributed by atoms with E-state index in [1.54, 1.807) is 0 Å². The molecule has 0 saturated carbocycles. The monoisotopic (exact) mass is 142 g/mol. The number of hydrogen-bond donors (Lipinski definition) is 0. The first kappa shape index (κ1) is 9.96. The Kier molecular flexibility index (Phi) is 8.92. The summed E-state index contributed by atoms with van der Waals surface area (Å²) < 4.78 is 0. The summed E-state index contributed by atoms with van der Waals surface area (Å²) >= 11 is 0. The molecule has 0 spiro atoms. The summed E-state index contributed by atoms with van der Waals surface area (Å²) in [6.07, 6.45) is 8.24. The van der Waals surface area contributed by atoms with E-state index in [1.807, 2.05) is 7.05 Å². The van der Waals surface area contributed by atoms with Crippen LogP contribution in [0.2, 0.25) is 0 Å². The van der Waals surface area contributed by atoms with Crippen LogP contribution in [0.4, 0.5) is 0 Å². The molecule has 0 bridgehead atoms. The second-order valence-electron chi connectivity index (χ2n) is 2.81. The van der Waals surface area contributed by atoms with E-state index < -0.39 is 0 Å². The number of unbranched alkanes of at least 4 members (excludes halogenated alkanes) is 5. The second-order valence-corrected chi connectivity index (χ2v) is 2.81. The maximum absolute atomic E-state index is 4.05. The molecule has 0 aliphatic rings. The lowest BCUT2D eigenvalue weighted by molar-refractivity contribution is 0.589. The SMILES string of the molecule is CCCCCCCC[N]C. The number of nitrogens with zero attached hydrogens (tertiary/aromatic N) is 1. The number of hydrogen-bond acceptors (Lipinski definition) is 0. The summed E-state index contributed by atoms with van der Waals surface area (Å²) in [5.41, 5.74) is 0. The van der Waals surface area contributed by atoms with E-state index in [4.69, 9.17) is 0 Å². The molecular weight excluding hydrogens is 122 g/mol. The van der Waals surface area contributed by atoms with Gasteiger partial charge in [-0.2, -0.15) is 0 Å². The van der Waals surface area contributed by atoms with E-state index in [9.17, 15) is 0 Å². The van der Waals surface area contributed by atoms with Crippen molar-refractivity contribution < 1.29 is 0 Å². The highest BCUT2D eigenvalue weighted by Gasteiger charge is 1.87. The smallest absolute Gasteiger partial charge is 0.0130 e. The van der Waals surface area contributed by atoms with E-state index in [-0.39, 0.29) is 0 Å². The molecule has 0 fully saturated rings. The fourth-order valence-corrected chi connectivity index (χ4v) is 1.05. The van der Waals surface area contributed by atoms with Crippen molar-refractivity contribution in [2.24, 2.45) is 0 Å². The van der Waals surface area contributed by atoms with Crippen LogP contribution < -0.4 is 5.32 Å². The van der Waals surface area contributed by atoms with Gasteiger partial charge in [-0.15, -0.1) is 0 Å². The maximum atomic E-state index is 4.05. The highest BCUT2D eigenvalue weighted by molar-refractivity contribution is 4.44. The van der Waals surface area contributed by atoms with Crippen LogP contribution in [0.25, 0.3) is 0 Å². The first-order chi connectivity index (χ1) is 4.91. The Bertz CT molecular complexity index is 44.7. The minimum atomic E-state index is 1.06. The van der Waals surface area contributed by atoms with Gasteiger partial charge in [0.05, 0.1) is 0 Å². The zero-order valence-electron chi connectivity index (χ0n) is 7.40. The molecular formula is C9H20N. The quantitative estimate of drug-likeness (QED) is 0.485. The fraction of sp³-hybridized carbons (Fsp3) is 1.00. The molecule has 0 rings (SSSR count). The minimum absolute atomic E-state index is 1.06. The van der Waals surface area contributed by atoms with Gasteiger partial charge in [-0.3, -0.25) is 0 Å². The van der Waals surface area contributed by atoms with Crippen LogP contribution in [-0.4, -0.2) is 13.6 Å². The molecule has 0 aromatic carbocycles. The summed E-state index contributed by atoms with van der Waals surface area (Å²) in [6, 6.07) is 0. The summed E-state index contributed by atoms with van der Waals surface area (Å²) in [7, 11) is 1.89. The highest BCUT2D eigenvalue weighted by atomic mass is 14.8. The van der Waals surface area contributed by atoms with Gasteiger partial charge in [0.15, 0.2) is 0 Å². The van der Waals surface area contributed by atoms with Gasteiger partial charge in [0, 0.05) is 13.6 Å². The standard InChI is InChI=1S/C9H20N/c1-3-4-5-6-7-8-9-10-2/h3-9H2,1-2H3. The van der Waals surface area contributed by atoms with Crippen molar-refractivity contribution in [3.05, 3.63) is 0 Å². The average molecular weight is 142 g/mol. The van der Waals surface area contributed by atoms with Crippen LogP contribution in [0.3, 0.4) is 0 Å². The lowest BCUT2D eigenvalue weighted by Gasteiger charge is -1.97. The molecule has 0 heterocycles. The zero-order chi connectivity index (χ0) is 7.66. The van der Waals surface area contributed by atoms with E-state index >= 15 is 0 Å². The first-order valence-electron chi connectivity index (χ1n) is 4.47. The maximum Gasteiger partial charge on any atom is 0.0130 e. The van der Waals surface area contributed by atoms with Crippen LogP contribution in [0, 0.1) is 0 Å². The van der Waals surface area contributed by atoms with Crippen molar-refractivity contribution in [3.63, 3.8) is 0 Å². The molecule has 0 aliphatic heterocycles. The Morgan fingerprint density at radius 2 is 1.50 bits per heavy atom. The predicted octanol–water partition coefficient (Wildman–Crippen LogP) is 2.58. The third-order valence-corrected chi connectivity index (χ3v) is 1.74. The molecule has 0 saturated heterocycles. The molecule has 10 heavy (non-hydrogen) atoms. The Hall–Kier alpha value is -0.0400. The lowest BCUT2D eigenvalue weighted by atomic mass is 10.1. The van der Waals surface area contributed by atoms with Gasteiger partial charge in [0.25, 0.3) is 0 Å². The molecule has 0 N–H and O–H groups in total. The third-order valence-electron chi connectivity index (χ3n) is 1.74. The highest BCUT2D eigenvalue weighted by Crippen LogP contribution is 2.03. The number of rotatable bonds is 7. The molecule has 61 valence electrons. The summed E-state index contributed by atoms with van der Waals surface area (Å²) in [4.78, 5) is 0. The van der Waals surface area contributed by atoms with Crippen LogP contribution >= 0.6 is 0 Å². The van der Waals surface area contributed by atoms with E-state index in [2.05, 4.69) is 12.2 Å². The first-order valence-corrected chi connectivity index (χ1v) is 4.47. The summed E-state index contributed by atoms with van der Waals surface area (Å²) in [6.45, 7) is 3.31. The molecule has 0 aliphatic carbocycles. The molecule has 0 aromatic heterocycles. The fourth-order valence-electron chi connectivity index (χ4n) is 1.05. The minimum Gasteiger partial charge on any atom is -0.245 e. The Balaban J connectivity index is 2.65. The van der Waals surface area contributed by atoms with Crippen molar-refractivity contribution >= 4 is 0 Å². The van der Waals surface area contributed by atoms with Crippen LogP contribution in [0.15, 0.2) is 0 Å². The van der Waals surface area contributed by atoms with Crippen LogP contribution in [0.1, 0.15) is 45.4 Å². The summed E-state index contributed by atoms with van der Waals surface area (Å²) in [5.74, 6) is 0. The molecule has 1 heteroatoms. The Morgan fingerprint density at radius 1 is 0.900 bits per heavy atom. The van der Waals surface area contributed by atoms with Gasteiger partial charge in [0.2, 0.25) is 0 Å². The molecule has 0 amide bonds. The molecule has 0 aromatic rings. The lowest BCUT2D eigenvalue weighted by Crippen LogP contribution is -1.98. The van der Waals surface area contributed by atoms with Gasteiger partial charge in [0.1, 0.15) is 0 Å². The van der Waals surface area contributed by atoms with Crippen molar-refractivity contribution in [1.29, 1.82) is 0 Å². The molecule has 0 atom stereocenters. The van der Waals surface area contributed by atoms with Gasteiger partial charge >= 0.3 is 0 Å². The van der Waals surface area contributed by atoms with Gasteiger partial charge < -0.3 is 0 Å². The van der Waals surface area contributed by atoms with Crippen LogP contribution in [-0.2, 0) is 0 Å². The topological polar surface area (TPSA) is 14.1 Å². The van der Waals surface area contributed by atoms with Crippen molar-refractivity contribution in [3.8, 4) is 0 Å². The van der Waals surface area contributed by atoms with E-state index in [1.165, 1.54) is 38.5 Å². The van der Waals surface area contributed by atoms with Crippen molar-refractivity contribution in [2.45, 2.75) is 45.4 Å². The Labute approximate surface area is 65.2 Å². The van der Waals surface area contributed by atoms with Crippen molar-refractivity contribution in [2.75, 3.05) is 13.6 Å². The van der Waals surface area contributed by atoms with Crippen molar-refractivity contribution in [1.82, 2.24) is 5.32 Å². The molecule has 0 unspecified atom stereocenters. The van der Waals surface area contributed by atoms with E-state index in [0.29, 0.717) is 0 Å². The van der Waals surface area contributed by atoms with Crippen LogP contribution in [0.5, 0.6) is 0 Å². The Morgan fingerprint density at radius 3 is 2.10 bits per heavy atom. The van der Waals surface area contributed by atoms with Gasteiger partial charge in [-0.05, 0) is 6.42 Å². The molecule has 1 nitrogen and oxygen atoms in total. The van der Waals surface area contributed by atoms with Gasteiger partial charge in [-0.25, -0.2) is 5.32 Å². The van der Waals surface area contributed by atoms with E-state index in [0.717, 1.165) is 6.54 Å². The van der Waals surface area contributed by atoms with Gasteiger partial charge in [-0.1, -0.05) is 39.0 Å². The predicted molar refractivity (Wildman–Crippen MR) is 46.3 cm³/mol. The average Bonchev–Trinajstić information content (AvgIpc) is 1.97.